The van der Waals surface area contributed by atoms with Gasteiger partial charge in [0.25, 0.3) is 0 Å². The van der Waals surface area contributed by atoms with Gasteiger partial charge in [0.1, 0.15) is 6.04 Å². The maximum atomic E-state index is 12.3. The molecule has 124 valence electrons. The van der Waals surface area contributed by atoms with Crippen LogP contribution in [-0.2, 0) is 19.1 Å². The molecule has 0 saturated carbocycles. The molecule has 0 aromatic carbocycles. The van der Waals surface area contributed by atoms with Crippen molar-refractivity contribution in [2.45, 2.75) is 32.2 Å². The molecule has 0 aliphatic carbocycles. The van der Waals surface area contributed by atoms with Crippen LogP contribution in [0.4, 0.5) is 0 Å². The van der Waals surface area contributed by atoms with E-state index >= 15 is 0 Å². The first-order chi connectivity index (χ1) is 10.5. The van der Waals surface area contributed by atoms with Crippen LogP contribution in [0.1, 0.15) is 26.2 Å². The molecule has 0 radical (unpaired) electrons. The van der Waals surface area contributed by atoms with E-state index in [0.29, 0.717) is 44.1 Å². The standard InChI is InChI=1S/C14H22N2O5S/c1-2-11(17)16-9-22-7-10(16)12(18)15-8-14(13(19)20)3-5-21-6-4-14/h10H,2-9H2,1H3,(H,15,18)(H,19,20). The Hall–Kier alpha value is -1.28. The average Bonchev–Trinajstić information content (AvgIpc) is 3.02. The third-order valence-electron chi connectivity index (χ3n) is 4.31. The van der Waals surface area contributed by atoms with E-state index in [9.17, 15) is 19.5 Å². The van der Waals surface area contributed by atoms with Gasteiger partial charge in [0.15, 0.2) is 0 Å². The molecule has 1 unspecified atom stereocenters. The molecule has 0 aromatic rings. The summed E-state index contributed by atoms with van der Waals surface area (Å²) in [5.41, 5.74) is -0.959. The predicted octanol–water partition coefficient (Wildman–Crippen LogP) is 0.296. The van der Waals surface area contributed by atoms with Gasteiger partial charge in [-0.25, -0.2) is 0 Å². The summed E-state index contributed by atoms with van der Waals surface area (Å²) in [5, 5.41) is 12.2. The SMILES string of the molecule is CCC(=O)N1CSCC1C(=O)NCC1(C(=O)O)CCOCC1. The molecule has 2 aliphatic heterocycles. The zero-order chi connectivity index (χ0) is 16.2. The number of carbonyl (C=O) groups is 3. The highest BCUT2D eigenvalue weighted by atomic mass is 32.2. The lowest BCUT2D eigenvalue weighted by Gasteiger charge is -2.33. The second kappa shape index (κ2) is 7.32. The fourth-order valence-electron chi connectivity index (χ4n) is 2.71. The molecule has 2 rings (SSSR count). The number of carbonyl (C=O) groups excluding carboxylic acids is 2. The lowest BCUT2D eigenvalue weighted by atomic mass is 9.80. The van der Waals surface area contributed by atoms with Gasteiger partial charge in [-0.1, -0.05) is 6.92 Å². The van der Waals surface area contributed by atoms with E-state index in [1.54, 1.807) is 11.8 Å². The Morgan fingerprint density at radius 2 is 2.05 bits per heavy atom. The van der Waals surface area contributed by atoms with Gasteiger partial charge < -0.3 is 20.1 Å². The van der Waals surface area contributed by atoms with Crippen molar-refractivity contribution in [2.75, 3.05) is 31.4 Å². The molecule has 2 saturated heterocycles. The maximum Gasteiger partial charge on any atom is 0.311 e. The fourth-order valence-corrected chi connectivity index (χ4v) is 3.89. The largest absolute Gasteiger partial charge is 0.481 e. The maximum absolute atomic E-state index is 12.3. The van der Waals surface area contributed by atoms with Crippen molar-refractivity contribution in [3.05, 3.63) is 0 Å². The summed E-state index contributed by atoms with van der Waals surface area (Å²) >= 11 is 1.54. The topological polar surface area (TPSA) is 95.9 Å². The van der Waals surface area contributed by atoms with E-state index < -0.39 is 17.4 Å². The van der Waals surface area contributed by atoms with Crippen LogP contribution in [0.15, 0.2) is 0 Å². The van der Waals surface area contributed by atoms with E-state index in [1.807, 2.05) is 0 Å². The molecule has 8 heteroatoms. The molecule has 0 aromatic heterocycles. The second-order valence-corrected chi connectivity index (χ2v) is 6.65. The van der Waals surface area contributed by atoms with Crippen molar-refractivity contribution in [3.8, 4) is 0 Å². The van der Waals surface area contributed by atoms with Gasteiger partial charge in [-0.2, -0.15) is 0 Å². The highest BCUT2D eigenvalue weighted by Crippen LogP contribution is 2.30. The van der Waals surface area contributed by atoms with Gasteiger partial charge >= 0.3 is 5.97 Å². The van der Waals surface area contributed by atoms with Crippen LogP contribution in [0, 0.1) is 5.41 Å². The predicted molar refractivity (Wildman–Crippen MR) is 81.4 cm³/mol. The van der Waals surface area contributed by atoms with Crippen LogP contribution in [0.25, 0.3) is 0 Å². The summed E-state index contributed by atoms with van der Waals surface area (Å²) in [7, 11) is 0. The van der Waals surface area contributed by atoms with Crippen molar-refractivity contribution >= 4 is 29.5 Å². The second-order valence-electron chi connectivity index (χ2n) is 5.65. The first kappa shape index (κ1) is 17.1. The summed E-state index contributed by atoms with van der Waals surface area (Å²) in [4.78, 5) is 37.3. The highest BCUT2D eigenvalue weighted by molar-refractivity contribution is 7.99. The number of rotatable bonds is 5. The number of carboxylic acids is 1. The molecule has 2 fully saturated rings. The van der Waals surface area contributed by atoms with E-state index in [4.69, 9.17) is 4.74 Å². The Morgan fingerprint density at radius 1 is 1.36 bits per heavy atom. The molecule has 0 bridgehead atoms. The van der Waals surface area contributed by atoms with Crippen LogP contribution >= 0.6 is 11.8 Å². The van der Waals surface area contributed by atoms with Gasteiger partial charge in [0.2, 0.25) is 11.8 Å². The molecular weight excluding hydrogens is 308 g/mol. The number of nitrogens with one attached hydrogen (secondary N) is 1. The minimum atomic E-state index is -0.959. The van der Waals surface area contributed by atoms with E-state index in [1.165, 1.54) is 11.8 Å². The Morgan fingerprint density at radius 3 is 2.64 bits per heavy atom. The Bertz CT molecular complexity index is 451. The number of carboxylic acid groups (broad SMARTS) is 1. The molecule has 1 atom stereocenters. The summed E-state index contributed by atoms with van der Waals surface area (Å²) in [6.07, 6.45) is 1.14. The normalized spacial score (nSPS) is 24.0. The monoisotopic (exact) mass is 330 g/mol. The molecule has 22 heavy (non-hydrogen) atoms. The molecule has 7 nitrogen and oxygen atoms in total. The van der Waals surface area contributed by atoms with Crippen molar-refractivity contribution in [1.29, 1.82) is 0 Å². The molecule has 2 N–H and O–H groups in total. The fraction of sp³-hybridized carbons (Fsp3) is 0.786. The third-order valence-corrected chi connectivity index (χ3v) is 5.32. The molecule has 2 heterocycles. The zero-order valence-electron chi connectivity index (χ0n) is 12.7. The highest BCUT2D eigenvalue weighted by Gasteiger charge is 2.42. The summed E-state index contributed by atoms with van der Waals surface area (Å²) < 4.78 is 5.21. The summed E-state index contributed by atoms with van der Waals surface area (Å²) in [5.74, 6) is -0.148. The molecule has 2 amide bonds. The van der Waals surface area contributed by atoms with Crippen molar-refractivity contribution in [3.63, 3.8) is 0 Å². The number of aliphatic carboxylic acids is 1. The first-order valence-corrected chi connectivity index (χ1v) is 8.62. The first-order valence-electron chi connectivity index (χ1n) is 7.46. The average molecular weight is 330 g/mol. The van der Waals surface area contributed by atoms with Gasteiger partial charge in [0, 0.05) is 31.9 Å². The Labute approximate surface area is 133 Å². The molecular formula is C14H22N2O5S. The minimum absolute atomic E-state index is 0.0517. The summed E-state index contributed by atoms with van der Waals surface area (Å²) in [6.45, 7) is 2.63. The number of hydrogen-bond acceptors (Lipinski definition) is 5. The summed E-state index contributed by atoms with van der Waals surface area (Å²) in [6, 6.07) is -0.497. The van der Waals surface area contributed by atoms with Gasteiger partial charge in [0.05, 0.1) is 11.3 Å². The zero-order valence-corrected chi connectivity index (χ0v) is 13.5. The molecule has 2 aliphatic rings. The lowest BCUT2D eigenvalue weighted by Crippen LogP contribution is -2.52. The Balaban J connectivity index is 1.96. The van der Waals surface area contributed by atoms with E-state index in [2.05, 4.69) is 5.32 Å². The smallest absolute Gasteiger partial charge is 0.311 e. The van der Waals surface area contributed by atoms with Crippen molar-refractivity contribution < 1.29 is 24.2 Å². The van der Waals surface area contributed by atoms with Crippen molar-refractivity contribution in [2.24, 2.45) is 5.41 Å². The van der Waals surface area contributed by atoms with Gasteiger partial charge in [-0.3, -0.25) is 14.4 Å². The van der Waals surface area contributed by atoms with Crippen LogP contribution in [0.3, 0.4) is 0 Å². The number of thioether (sulfide) groups is 1. The number of nitrogens with zero attached hydrogens (tertiary/aromatic N) is 1. The van der Waals surface area contributed by atoms with Gasteiger partial charge in [-0.15, -0.1) is 11.8 Å². The van der Waals surface area contributed by atoms with E-state index in [0.717, 1.165) is 0 Å². The van der Waals surface area contributed by atoms with Crippen LogP contribution < -0.4 is 5.32 Å². The van der Waals surface area contributed by atoms with E-state index in [-0.39, 0.29) is 18.4 Å². The van der Waals surface area contributed by atoms with Crippen LogP contribution in [0.2, 0.25) is 0 Å². The van der Waals surface area contributed by atoms with Gasteiger partial charge in [-0.05, 0) is 12.8 Å². The molecule has 0 spiro atoms. The number of ether oxygens (including phenoxy) is 1. The quantitative estimate of drug-likeness (QED) is 0.752. The third kappa shape index (κ3) is 3.55. The number of amides is 2. The lowest BCUT2D eigenvalue weighted by molar-refractivity contribution is -0.155. The van der Waals surface area contributed by atoms with Crippen molar-refractivity contribution in [1.82, 2.24) is 10.2 Å². The Kier molecular flexibility index (Phi) is 5.69. The van der Waals surface area contributed by atoms with Crippen LogP contribution in [-0.4, -0.2) is 65.2 Å². The minimum Gasteiger partial charge on any atom is -0.481 e. The van der Waals surface area contributed by atoms with Crippen LogP contribution in [0.5, 0.6) is 0 Å². The number of hydrogen-bond donors (Lipinski definition) is 2.